The van der Waals surface area contributed by atoms with E-state index in [1.807, 2.05) is 25.1 Å². The van der Waals surface area contributed by atoms with Crippen LogP contribution in [-0.4, -0.2) is 9.97 Å². The minimum absolute atomic E-state index is 0.206. The summed E-state index contributed by atoms with van der Waals surface area (Å²) >= 11 is 9.36. The van der Waals surface area contributed by atoms with E-state index in [-0.39, 0.29) is 6.04 Å². The van der Waals surface area contributed by atoms with Gasteiger partial charge in [-0.05, 0) is 39.0 Å². The zero-order valence-electron chi connectivity index (χ0n) is 11.4. The third-order valence-corrected chi connectivity index (χ3v) is 5.46. The average molecular weight is 324 g/mol. The molecule has 0 saturated heterocycles. The number of thiazole rings is 2. The highest BCUT2D eigenvalue weighted by Gasteiger charge is 2.14. The lowest BCUT2D eigenvalue weighted by molar-refractivity contribution is 0.888. The summed E-state index contributed by atoms with van der Waals surface area (Å²) in [5.41, 5.74) is 2.07. The Hall–Kier alpha value is -1.17. The maximum atomic E-state index is 6.00. The van der Waals surface area contributed by atoms with Crippen LogP contribution in [0.15, 0.2) is 18.2 Å². The Balaban J connectivity index is 1.87. The van der Waals surface area contributed by atoms with Gasteiger partial charge in [-0.25, -0.2) is 9.97 Å². The van der Waals surface area contributed by atoms with E-state index in [9.17, 15) is 0 Å². The number of benzene rings is 1. The van der Waals surface area contributed by atoms with Crippen LogP contribution in [0, 0.1) is 13.8 Å². The first-order chi connectivity index (χ1) is 9.52. The van der Waals surface area contributed by atoms with Gasteiger partial charge in [0, 0.05) is 9.90 Å². The molecule has 0 radical (unpaired) electrons. The SMILES string of the molecule is Cc1nc(C)c(C(C)Nc2nc3ccc(Cl)cc3s2)s1. The van der Waals surface area contributed by atoms with Gasteiger partial charge >= 0.3 is 0 Å². The van der Waals surface area contributed by atoms with Crippen molar-refractivity contribution in [3.63, 3.8) is 0 Å². The molecule has 2 aromatic heterocycles. The molecule has 0 fully saturated rings. The molecule has 3 aromatic rings. The zero-order valence-corrected chi connectivity index (χ0v) is 13.8. The third-order valence-electron chi connectivity index (χ3n) is 3.02. The van der Waals surface area contributed by atoms with Crippen LogP contribution in [0.25, 0.3) is 10.2 Å². The van der Waals surface area contributed by atoms with E-state index >= 15 is 0 Å². The van der Waals surface area contributed by atoms with Crippen molar-refractivity contribution in [3.8, 4) is 0 Å². The fourth-order valence-electron chi connectivity index (χ4n) is 2.16. The monoisotopic (exact) mass is 323 g/mol. The molecule has 20 heavy (non-hydrogen) atoms. The molecule has 0 bridgehead atoms. The molecule has 0 spiro atoms. The van der Waals surface area contributed by atoms with E-state index < -0.39 is 0 Å². The summed E-state index contributed by atoms with van der Waals surface area (Å²) in [5.74, 6) is 0. The van der Waals surface area contributed by atoms with Gasteiger partial charge in [-0.3, -0.25) is 0 Å². The molecule has 1 atom stereocenters. The number of aromatic nitrogens is 2. The average Bonchev–Trinajstić information content (AvgIpc) is 2.91. The van der Waals surface area contributed by atoms with Crippen LogP contribution in [0.2, 0.25) is 5.02 Å². The molecule has 6 heteroatoms. The van der Waals surface area contributed by atoms with Gasteiger partial charge in [-0.2, -0.15) is 0 Å². The van der Waals surface area contributed by atoms with Crippen LogP contribution in [0.4, 0.5) is 5.13 Å². The number of nitrogens with one attached hydrogen (secondary N) is 1. The Morgan fingerprint density at radius 1 is 1.20 bits per heavy atom. The van der Waals surface area contributed by atoms with Gasteiger partial charge in [-0.15, -0.1) is 11.3 Å². The molecule has 2 heterocycles. The molecule has 0 saturated carbocycles. The van der Waals surface area contributed by atoms with Gasteiger partial charge in [0.1, 0.15) is 0 Å². The smallest absolute Gasteiger partial charge is 0.184 e. The topological polar surface area (TPSA) is 37.8 Å². The van der Waals surface area contributed by atoms with Crippen LogP contribution in [0.5, 0.6) is 0 Å². The van der Waals surface area contributed by atoms with Gasteiger partial charge in [0.05, 0.1) is 27.0 Å². The number of anilines is 1. The maximum absolute atomic E-state index is 6.00. The highest BCUT2D eigenvalue weighted by molar-refractivity contribution is 7.22. The lowest BCUT2D eigenvalue weighted by atomic mass is 10.2. The van der Waals surface area contributed by atoms with Crippen molar-refractivity contribution in [1.82, 2.24) is 9.97 Å². The number of rotatable bonds is 3. The Morgan fingerprint density at radius 2 is 2.00 bits per heavy atom. The molecule has 3 nitrogen and oxygen atoms in total. The van der Waals surface area contributed by atoms with Crippen molar-refractivity contribution in [2.75, 3.05) is 5.32 Å². The van der Waals surface area contributed by atoms with E-state index in [2.05, 4.69) is 29.1 Å². The predicted molar refractivity (Wildman–Crippen MR) is 88.3 cm³/mol. The molecule has 0 aliphatic rings. The first-order valence-corrected chi connectivity index (χ1v) is 8.30. The Labute approximate surface area is 130 Å². The minimum Gasteiger partial charge on any atom is -0.354 e. The van der Waals surface area contributed by atoms with Crippen LogP contribution in [0.1, 0.15) is 28.5 Å². The fourth-order valence-corrected chi connectivity index (χ4v) is 4.32. The Bertz CT molecular complexity index is 763. The summed E-state index contributed by atoms with van der Waals surface area (Å²) in [6.45, 7) is 6.22. The number of hydrogen-bond acceptors (Lipinski definition) is 5. The van der Waals surface area contributed by atoms with Crippen LogP contribution in [0.3, 0.4) is 0 Å². The predicted octanol–water partition coefficient (Wildman–Crippen LogP) is 5.20. The molecule has 0 aliphatic heterocycles. The van der Waals surface area contributed by atoms with Crippen molar-refractivity contribution < 1.29 is 0 Å². The fraction of sp³-hybridized carbons (Fsp3) is 0.286. The number of hydrogen-bond donors (Lipinski definition) is 1. The normalized spacial score (nSPS) is 12.8. The van der Waals surface area contributed by atoms with E-state index in [1.165, 1.54) is 4.88 Å². The van der Waals surface area contributed by atoms with Crippen molar-refractivity contribution in [1.29, 1.82) is 0 Å². The van der Waals surface area contributed by atoms with Crippen LogP contribution >= 0.6 is 34.3 Å². The standard InChI is InChI=1S/C14H14ClN3S2/c1-7-13(19-9(3)16-7)8(2)17-14-18-11-5-4-10(15)6-12(11)20-14/h4-6,8H,1-3H3,(H,17,18). The number of halogens is 1. The van der Waals surface area contributed by atoms with Crippen LogP contribution in [-0.2, 0) is 0 Å². The molecule has 0 aliphatic carbocycles. The van der Waals surface area contributed by atoms with Gasteiger partial charge in [-0.1, -0.05) is 22.9 Å². The number of fused-ring (bicyclic) bond motifs is 1. The van der Waals surface area contributed by atoms with E-state index in [0.717, 1.165) is 31.1 Å². The summed E-state index contributed by atoms with van der Waals surface area (Å²) in [6.07, 6.45) is 0. The summed E-state index contributed by atoms with van der Waals surface area (Å²) in [5, 5.41) is 6.22. The van der Waals surface area contributed by atoms with Crippen molar-refractivity contribution in [2.45, 2.75) is 26.8 Å². The van der Waals surface area contributed by atoms with E-state index in [1.54, 1.807) is 22.7 Å². The van der Waals surface area contributed by atoms with E-state index in [0.29, 0.717) is 0 Å². The number of aryl methyl sites for hydroxylation is 2. The molecule has 1 unspecified atom stereocenters. The third kappa shape index (κ3) is 2.66. The second kappa shape index (κ2) is 5.31. The molecular formula is C14H14ClN3S2. The second-order valence-corrected chi connectivity index (χ2v) is 7.38. The highest BCUT2D eigenvalue weighted by atomic mass is 35.5. The summed E-state index contributed by atoms with van der Waals surface area (Å²) in [7, 11) is 0. The summed E-state index contributed by atoms with van der Waals surface area (Å²) < 4.78 is 1.10. The second-order valence-electron chi connectivity index (χ2n) is 4.68. The lowest BCUT2D eigenvalue weighted by Gasteiger charge is -2.11. The first-order valence-electron chi connectivity index (χ1n) is 6.29. The van der Waals surface area contributed by atoms with Gasteiger partial charge in [0.25, 0.3) is 0 Å². The Kier molecular flexibility index (Phi) is 3.67. The number of nitrogens with zero attached hydrogens (tertiary/aromatic N) is 2. The molecular weight excluding hydrogens is 310 g/mol. The molecule has 104 valence electrons. The first kappa shape index (κ1) is 13.8. The molecule has 3 rings (SSSR count). The molecule has 1 aromatic carbocycles. The van der Waals surface area contributed by atoms with Gasteiger partial charge < -0.3 is 5.32 Å². The minimum atomic E-state index is 0.206. The van der Waals surface area contributed by atoms with Crippen molar-refractivity contribution in [3.05, 3.63) is 38.8 Å². The van der Waals surface area contributed by atoms with Crippen LogP contribution < -0.4 is 5.32 Å². The maximum Gasteiger partial charge on any atom is 0.184 e. The highest BCUT2D eigenvalue weighted by Crippen LogP contribution is 2.32. The summed E-state index contributed by atoms with van der Waals surface area (Å²) in [6, 6.07) is 5.98. The van der Waals surface area contributed by atoms with Gasteiger partial charge in [0.2, 0.25) is 0 Å². The van der Waals surface area contributed by atoms with E-state index in [4.69, 9.17) is 11.6 Å². The Morgan fingerprint density at radius 3 is 2.70 bits per heavy atom. The van der Waals surface area contributed by atoms with Gasteiger partial charge in [0.15, 0.2) is 5.13 Å². The lowest BCUT2D eigenvalue weighted by Crippen LogP contribution is -2.05. The molecule has 0 amide bonds. The largest absolute Gasteiger partial charge is 0.354 e. The summed E-state index contributed by atoms with van der Waals surface area (Å²) in [4.78, 5) is 10.3. The van der Waals surface area contributed by atoms with Crippen molar-refractivity contribution in [2.24, 2.45) is 0 Å². The van der Waals surface area contributed by atoms with Crippen molar-refractivity contribution >= 4 is 49.6 Å². The molecule has 1 N–H and O–H groups in total. The zero-order chi connectivity index (χ0) is 14.3. The quantitative estimate of drug-likeness (QED) is 0.720.